The van der Waals surface area contributed by atoms with Gasteiger partial charge in [0.1, 0.15) is 12.1 Å². The number of nitrogens with zero attached hydrogens (tertiary/aromatic N) is 5. The summed E-state index contributed by atoms with van der Waals surface area (Å²) in [5.74, 6) is 0.940. The van der Waals surface area contributed by atoms with Crippen LogP contribution < -0.4 is 10.6 Å². The van der Waals surface area contributed by atoms with Crippen LogP contribution in [0, 0.1) is 0 Å². The molecule has 94 valence electrons. The summed E-state index contributed by atoms with van der Waals surface area (Å²) < 4.78 is 1.68. The van der Waals surface area contributed by atoms with Gasteiger partial charge in [0.15, 0.2) is 5.65 Å². The van der Waals surface area contributed by atoms with Gasteiger partial charge in [0.2, 0.25) is 0 Å². The average Bonchev–Trinajstić information content (AvgIpc) is 2.84. The second-order valence-corrected chi connectivity index (χ2v) is 3.82. The number of anilines is 1. The smallest absolute Gasteiger partial charge is 0.177 e. The highest BCUT2D eigenvalue weighted by Crippen LogP contribution is 2.16. The summed E-state index contributed by atoms with van der Waals surface area (Å²) in [6.45, 7) is 1.85. The topological polar surface area (TPSA) is 72.3 Å². The lowest BCUT2D eigenvalue weighted by atomic mass is 10.3. The van der Waals surface area contributed by atoms with E-state index in [0.717, 1.165) is 31.0 Å². The Bertz CT molecular complexity index is 487. The van der Waals surface area contributed by atoms with Gasteiger partial charge in [-0.2, -0.15) is 4.52 Å². The summed E-state index contributed by atoms with van der Waals surface area (Å²) in [7, 11) is 0. The van der Waals surface area contributed by atoms with Crippen molar-refractivity contribution in [2.24, 2.45) is 5.73 Å². The summed E-state index contributed by atoms with van der Waals surface area (Å²) in [5, 5.41) is 12.1. The Labute approximate surface area is 111 Å². The highest BCUT2D eigenvalue weighted by molar-refractivity contribution is 5.85. The van der Waals surface area contributed by atoms with Gasteiger partial charge in [0.05, 0.1) is 0 Å². The lowest BCUT2D eigenvalue weighted by Crippen LogP contribution is -2.27. The summed E-state index contributed by atoms with van der Waals surface area (Å²) in [6, 6.07) is 4.14. The van der Waals surface area contributed by atoms with Crippen molar-refractivity contribution in [3.8, 4) is 0 Å². The van der Waals surface area contributed by atoms with E-state index >= 15 is 0 Å². The minimum Gasteiger partial charge on any atom is -0.354 e. The van der Waals surface area contributed by atoms with Crippen LogP contribution in [0.2, 0.25) is 0 Å². The van der Waals surface area contributed by atoms with Gasteiger partial charge in [-0.1, -0.05) is 0 Å². The van der Waals surface area contributed by atoms with Crippen LogP contribution in [-0.4, -0.2) is 38.9 Å². The fourth-order valence-corrected chi connectivity index (χ4v) is 1.88. The first-order valence-electron chi connectivity index (χ1n) is 5.00. The van der Waals surface area contributed by atoms with Gasteiger partial charge in [-0.05, 0) is 18.6 Å². The zero-order chi connectivity index (χ0) is 10.3. The molecule has 0 saturated carbocycles. The predicted molar refractivity (Wildman–Crippen MR) is 70.1 cm³/mol. The number of halogens is 2. The van der Waals surface area contributed by atoms with Crippen molar-refractivity contribution < 1.29 is 0 Å². The Morgan fingerprint density at radius 2 is 2.12 bits per heavy atom. The van der Waals surface area contributed by atoms with Crippen LogP contribution in [0.15, 0.2) is 18.5 Å². The zero-order valence-corrected chi connectivity index (χ0v) is 10.7. The quantitative estimate of drug-likeness (QED) is 0.822. The van der Waals surface area contributed by atoms with Gasteiger partial charge >= 0.3 is 0 Å². The number of aromatic nitrogens is 4. The monoisotopic (exact) mass is 276 g/mol. The zero-order valence-electron chi connectivity index (χ0n) is 9.06. The molecule has 3 heterocycles. The van der Waals surface area contributed by atoms with E-state index in [-0.39, 0.29) is 30.9 Å². The Morgan fingerprint density at radius 1 is 1.29 bits per heavy atom. The Balaban J connectivity index is 0.000000722. The molecule has 6 nitrogen and oxygen atoms in total. The maximum Gasteiger partial charge on any atom is 0.177 e. The molecule has 0 radical (unpaired) electrons. The van der Waals surface area contributed by atoms with Gasteiger partial charge in [-0.25, -0.2) is 0 Å². The summed E-state index contributed by atoms with van der Waals surface area (Å²) >= 11 is 0. The SMILES string of the molecule is Cl.Cl.NC1CCN(c2ccc3nncn3n2)C1. The third-order valence-corrected chi connectivity index (χ3v) is 2.70. The molecule has 1 atom stereocenters. The molecule has 2 aromatic heterocycles. The molecule has 0 spiro atoms. The van der Waals surface area contributed by atoms with E-state index in [1.165, 1.54) is 0 Å². The van der Waals surface area contributed by atoms with Crippen LogP contribution in [0.3, 0.4) is 0 Å². The van der Waals surface area contributed by atoms with Gasteiger partial charge in [0, 0.05) is 19.1 Å². The molecule has 1 saturated heterocycles. The standard InChI is InChI=1S/C9H12N6.2ClH/c10-7-3-4-14(5-7)9-2-1-8-12-11-6-15(8)13-9;;/h1-2,6-7H,3-5,10H2;2*1H. The van der Waals surface area contributed by atoms with Crippen molar-refractivity contribution in [3.63, 3.8) is 0 Å². The molecule has 1 fully saturated rings. The normalized spacial score (nSPS) is 18.9. The molecule has 0 bridgehead atoms. The fourth-order valence-electron chi connectivity index (χ4n) is 1.88. The van der Waals surface area contributed by atoms with Crippen molar-refractivity contribution in [2.45, 2.75) is 12.5 Å². The lowest BCUT2D eigenvalue weighted by Gasteiger charge is -2.15. The third kappa shape index (κ3) is 2.59. The van der Waals surface area contributed by atoms with Crippen LogP contribution in [0.4, 0.5) is 5.82 Å². The third-order valence-electron chi connectivity index (χ3n) is 2.70. The predicted octanol–water partition coefficient (Wildman–Crippen LogP) is 0.505. The van der Waals surface area contributed by atoms with Crippen molar-refractivity contribution >= 4 is 36.3 Å². The molecule has 1 unspecified atom stereocenters. The summed E-state index contributed by atoms with van der Waals surface area (Å²) in [6.07, 6.45) is 2.64. The Hall–Kier alpha value is -1.11. The van der Waals surface area contributed by atoms with Crippen molar-refractivity contribution in [1.29, 1.82) is 0 Å². The Kier molecular flexibility index (Phi) is 4.50. The molecular weight excluding hydrogens is 263 g/mol. The molecule has 17 heavy (non-hydrogen) atoms. The highest BCUT2D eigenvalue weighted by Gasteiger charge is 2.20. The number of hydrogen-bond donors (Lipinski definition) is 1. The minimum absolute atomic E-state index is 0. The maximum absolute atomic E-state index is 5.85. The van der Waals surface area contributed by atoms with E-state index in [1.54, 1.807) is 10.8 Å². The molecular formula is C9H14Cl2N6. The summed E-state index contributed by atoms with van der Waals surface area (Å²) in [4.78, 5) is 2.18. The molecule has 0 aliphatic carbocycles. The summed E-state index contributed by atoms with van der Waals surface area (Å²) in [5.41, 5.74) is 6.62. The number of nitrogens with two attached hydrogens (primary N) is 1. The number of rotatable bonds is 1. The lowest BCUT2D eigenvalue weighted by molar-refractivity contribution is 0.750. The van der Waals surface area contributed by atoms with Gasteiger partial charge in [-0.15, -0.1) is 40.1 Å². The largest absolute Gasteiger partial charge is 0.354 e. The second-order valence-electron chi connectivity index (χ2n) is 3.82. The first-order valence-corrected chi connectivity index (χ1v) is 5.00. The van der Waals surface area contributed by atoms with Crippen LogP contribution in [0.5, 0.6) is 0 Å². The van der Waals surface area contributed by atoms with E-state index in [2.05, 4.69) is 20.2 Å². The van der Waals surface area contributed by atoms with Crippen LogP contribution >= 0.6 is 24.8 Å². The van der Waals surface area contributed by atoms with Crippen molar-refractivity contribution in [3.05, 3.63) is 18.5 Å². The van der Waals surface area contributed by atoms with E-state index in [4.69, 9.17) is 5.73 Å². The maximum atomic E-state index is 5.85. The molecule has 2 N–H and O–H groups in total. The van der Waals surface area contributed by atoms with Crippen LogP contribution in [0.1, 0.15) is 6.42 Å². The first kappa shape index (κ1) is 14.0. The first-order chi connectivity index (χ1) is 7.33. The molecule has 3 rings (SSSR count). The Morgan fingerprint density at radius 3 is 2.82 bits per heavy atom. The van der Waals surface area contributed by atoms with E-state index in [9.17, 15) is 0 Å². The van der Waals surface area contributed by atoms with E-state index in [1.807, 2.05) is 12.1 Å². The average molecular weight is 277 g/mol. The molecule has 1 aliphatic heterocycles. The van der Waals surface area contributed by atoms with Crippen molar-refractivity contribution in [1.82, 2.24) is 19.8 Å². The van der Waals surface area contributed by atoms with Crippen molar-refractivity contribution in [2.75, 3.05) is 18.0 Å². The van der Waals surface area contributed by atoms with Crippen LogP contribution in [-0.2, 0) is 0 Å². The van der Waals surface area contributed by atoms with Crippen LogP contribution in [0.25, 0.3) is 5.65 Å². The van der Waals surface area contributed by atoms with Gasteiger partial charge < -0.3 is 10.6 Å². The highest BCUT2D eigenvalue weighted by atomic mass is 35.5. The fraction of sp³-hybridized carbons (Fsp3) is 0.444. The molecule has 0 aromatic carbocycles. The molecule has 8 heteroatoms. The molecule has 0 amide bonds. The molecule has 1 aliphatic rings. The van der Waals surface area contributed by atoms with Gasteiger partial charge in [-0.3, -0.25) is 0 Å². The second kappa shape index (κ2) is 5.48. The number of fused-ring (bicyclic) bond motifs is 1. The van der Waals surface area contributed by atoms with E-state index < -0.39 is 0 Å². The van der Waals surface area contributed by atoms with Gasteiger partial charge in [0.25, 0.3) is 0 Å². The molecule has 2 aromatic rings. The number of hydrogen-bond acceptors (Lipinski definition) is 5. The minimum atomic E-state index is 0. The van der Waals surface area contributed by atoms with E-state index in [0.29, 0.717) is 0 Å².